The standard InChI is InChI=1S/C13H8F6N2O/c14-12(15,16)11-4-1-7(6-21-11)9-5-8(2-3-10(9)20)22-13(17,18)19/h1-6H,20H2. The number of pyridine rings is 1. The minimum atomic E-state index is -4.88. The van der Waals surface area contributed by atoms with Gasteiger partial charge in [-0.25, -0.2) is 0 Å². The largest absolute Gasteiger partial charge is 0.573 e. The summed E-state index contributed by atoms with van der Waals surface area (Å²) in [4.78, 5) is 3.23. The number of hydrogen-bond donors (Lipinski definition) is 1. The predicted molar refractivity (Wildman–Crippen MR) is 65.8 cm³/mol. The van der Waals surface area contributed by atoms with Gasteiger partial charge in [0, 0.05) is 23.0 Å². The molecule has 0 amide bonds. The predicted octanol–water partition coefficient (Wildman–Crippen LogP) is 4.25. The lowest BCUT2D eigenvalue weighted by Crippen LogP contribution is -2.17. The average Bonchev–Trinajstić information content (AvgIpc) is 2.38. The van der Waals surface area contributed by atoms with Crippen molar-refractivity contribution in [2.75, 3.05) is 5.73 Å². The van der Waals surface area contributed by atoms with Crippen molar-refractivity contribution in [3.05, 3.63) is 42.2 Å². The highest BCUT2D eigenvalue weighted by Gasteiger charge is 2.32. The lowest BCUT2D eigenvalue weighted by atomic mass is 10.0. The van der Waals surface area contributed by atoms with Crippen molar-refractivity contribution >= 4 is 5.69 Å². The van der Waals surface area contributed by atoms with E-state index in [0.717, 1.165) is 30.5 Å². The third kappa shape index (κ3) is 3.80. The van der Waals surface area contributed by atoms with E-state index in [-0.39, 0.29) is 16.8 Å². The summed E-state index contributed by atoms with van der Waals surface area (Å²) in [5.41, 5.74) is 4.81. The molecule has 0 saturated heterocycles. The Bertz CT molecular complexity index is 664. The van der Waals surface area contributed by atoms with E-state index in [0.29, 0.717) is 6.07 Å². The molecule has 2 N–H and O–H groups in total. The lowest BCUT2D eigenvalue weighted by molar-refractivity contribution is -0.274. The van der Waals surface area contributed by atoms with Gasteiger partial charge in [-0.05, 0) is 24.3 Å². The highest BCUT2D eigenvalue weighted by atomic mass is 19.4. The second-order valence-electron chi connectivity index (χ2n) is 4.23. The zero-order valence-electron chi connectivity index (χ0n) is 10.7. The van der Waals surface area contributed by atoms with Crippen LogP contribution >= 0.6 is 0 Å². The van der Waals surface area contributed by atoms with Crippen LogP contribution in [-0.2, 0) is 6.18 Å². The van der Waals surface area contributed by atoms with Crippen LogP contribution in [0.3, 0.4) is 0 Å². The van der Waals surface area contributed by atoms with Crippen LogP contribution < -0.4 is 10.5 Å². The summed E-state index contributed by atoms with van der Waals surface area (Å²) >= 11 is 0. The van der Waals surface area contributed by atoms with Gasteiger partial charge in [-0.2, -0.15) is 13.2 Å². The molecule has 2 rings (SSSR count). The van der Waals surface area contributed by atoms with Crippen LogP contribution in [0, 0.1) is 0 Å². The summed E-state index contributed by atoms with van der Waals surface area (Å²) < 4.78 is 77.5. The molecule has 0 aliphatic rings. The first-order valence-electron chi connectivity index (χ1n) is 5.75. The molecule has 1 aromatic carbocycles. The zero-order valence-corrected chi connectivity index (χ0v) is 10.7. The fourth-order valence-electron chi connectivity index (χ4n) is 1.70. The van der Waals surface area contributed by atoms with Gasteiger partial charge in [0.05, 0.1) is 0 Å². The second-order valence-corrected chi connectivity index (χ2v) is 4.23. The van der Waals surface area contributed by atoms with Crippen LogP contribution in [0.1, 0.15) is 5.69 Å². The third-order valence-corrected chi connectivity index (χ3v) is 2.62. The number of alkyl halides is 6. The molecule has 0 spiro atoms. The van der Waals surface area contributed by atoms with Crippen molar-refractivity contribution in [1.29, 1.82) is 0 Å². The zero-order chi connectivity index (χ0) is 16.5. The topological polar surface area (TPSA) is 48.1 Å². The van der Waals surface area contributed by atoms with Crippen LogP contribution in [0.5, 0.6) is 5.75 Å². The molecule has 2 aromatic rings. The Morgan fingerprint density at radius 1 is 0.955 bits per heavy atom. The van der Waals surface area contributed by atoms with Gasteiger partial charge in [-0.3, -0.25) is 4.98 Å². The van der Waals surface area contributed by atoms with Crippen molar-refractivity contribution in [3.8, 4) is 16.9 Å². The molecular weight excluding hydrogens is 314 g/mol. The molecule has 0 fully saturated rings. The summed E-state index contributed by atoms with van der Waals surface area (Å²) in [6, 6.07) is 4.93. The van der Waals surface area contributed by atoms with E-state index in [1.807, 2.05) is 0 Å². The molecule has 0 bridgehead atoms. The van der Waals surface area contributed by atoms with E-state index in [1.165, 1.54) is 0 Å². The van der Waals surface area contributed by atoms with E-state index in [1.54, 1.807) is 0 Å². The number of halogens is 6. The molecule has 118 valence electrons. The van der Waals surface area contributed by atoms with Crippen molar-refractivity contribution in [2.45, 2.75) is 12.5 Å². The lowest BCUT2D eigenvalue weighted by Gasteiger charge is -2.12. The number of nitrogens with zero attached hydrogens (tertiary/aromatic N) is 1. The van der Waals surface area contributed by atoms with Gasteiger partial charge in [0.25, 0.3) is 0 Å². The number of ether oxygens (including phenoxy) is 1. The quantitative estimate of drug-likeness (QED) is 0.664. The Labute approximate surface area is 120 Å². The number of hydrogen-bond acceptors (Lipinski definition) is 3. The average molecular weight is 322 g/mol. The summed E-state index contributed by atoms with van der Waals surface area (Å²) in [5, 5.41) is 0. The summed E-state index contributed by atoms with van der Waals surface area (Å²) in [6.45, 7) is 0. The van der Waals surface area contributed by atoms with E-state index in [4.69, 9.17) is 5.73 Å². The Morgan fingerprint density at radius 2 is 1.64 bits per heavy atom. The first-order valence-corrected chi connectivity index (χ1v) is 5.75. The van der Waals surface area contributed by atoms with Crippen LogP contribution in [-0.4, -0.2) is 11.3 Å². The molecule has 1 aromatic heterocycles. The van der Waals surface area contributed by atoms with Crippen LogP contribution in [0.15, 0.2) is 36.5 Å². The van der Waals surface area contributed by atoms with Crippen LogP contribution in [0.4, 0.5) is 32.0 Å². The SMILES string of the molecule is Nc1ccc(OC(F)(F)F)cc1-c1ccc(C(F)(F)F)nc1. The maximum atomic E-state index is 12.4. The van der Waals surface area contributed by atoms with E-state index in [2.05, 4.69) is 9.72 Å². The fourth-order valence-corrected chi connectivity index (χ4v) is 1.70. The van der Waals surface area contributed by atoms with Gasteiger partial charge >= 0.3 is 12.5 Å². The number of nitrogen functional groups attached to an aromatic ring is 1. The van der Waals surface area contributed by atoms with Crippen molar-refractivity contribution in [1.82, 2.24) is 4.98 Å². The molecule has 0 radical (unpaired) electrons. The van der Waals surface area contributed by atoms with Crippen LogP contribution in [0.25, 0.3) is 11.1 Å². The number of aromatic nitrogens is 1. The van der Waals surface area contributed by atoms with Gasteiger partial charge < -0.3 is 10.5 Å². The maximum Gasteiger partial charge on any atom is 0.573 e. The Kier molecular flexibility index (Phi) is 3.90. The normalized spacial score (nSPS) is 12.3. The molecule has 0 atom stereocenters. The number of rotatable bonds is 2. The minimum Gasteiger partial charge on any atom is -0.406 e. The molecule has 3 nitrogen and oxygen atoms in total. The maximum absolute atomic E-state index is 12.4. The van der Waals surface area contributed by atoms with E-state index in [9.17, 15) is 26.3 Å². The monoisotopic (exact) mass is 322 g/mol. The smallest absolute Gasteiger partial charge is 0.406 e. The Hall–Kier alpha value is -2.45. The van der Waals surface area contributed by atoms with Gasteiger partial charge in [0.15, 0.2) is 0 Å². The number of nitrogens with two attached hydrogens (primary N) is 1. The summed E-state index contributed by atoms with van der Waals surface area (Å²) in [5.74, 6) is -0.531. The second kappa shape index (κ2) is 5.39. The van der Waals surface area contributed by atoms with E-state index >= 15 is 0 Å². The highest BCUT2D eigenvalue weighted by molar-refractivity contribution is 5.77. The fraction of sp³-hybridized carbons (Fsp3) is 0.154. The van der Waals surface area contributed by atoms with Gasteiger partial charge in [0.1, 0.15) is 11.4 Å². The summed E-state index contributed by atoms with van der Waals surface area (Å²) in [6.07, 6.45) is -8.61. The summed E-state index contributed by atoms with van der Waals surface area (Å²) in [7, 11) is 0. The van der Waals surface area contributed by atoms with Gasteiger partial charge in [-0.15, -0.1) is 13.2 Å². The van der Waals surface area contributed by atoms with Crippen molar-refractivity contribution in [2.24, 2.45) is 0 Å². The highest BCUT2D eigenvalue weighted by Crippen LogP contribution is 2.33. The van der Waals surface area contributed by atoms with Crippen molar-refractivity contribution < 1.29 is 31.1 Å². The van der Waals surface area contributed by atoms with Crippen molar-refractivity contribution in [3.63, 3.8) is 0 Å². The van der Waals surface area contributed by atoms with Gasteiger partial charge in [-0.1, -0.05) is 6.07 Å². The number of benzene rings is 1. The molecule has 0 aliphatic carbocycles. The van der Waals surface area contributed by atoms with Gasteiger partial charge in [0.2, 0.25) is 0 Å². The molecule has 0 unspecified atom stereocenters. The molecule has 22 heavy (non-hydrogen) atoms. The Morgan fingerprint density at radius 3 is 2.14 bits per heavy atom. The molecule has 0 saturated carbocycles. The number of anilines is 1. The van der Waals surface area contributed by atoms with E-state index < -0.39 is 24.0 Å². The molecule has 9 heteroatoms. The third-order valence-electron chi connectivity index (χ3n) is 2.62. The first kappa shape index (κ1) is 15.9. The van der Waals surface area contributed by atoms with Crippen LogP contribution in [0.2, 0.25) is 0 Å². The first-order chi connectivity index (χ1) is 10.1. The molecule has 0 aliphatic heterocycles. The minimum absolute atomic E-state index is 0.0797. The Balaban J connectivity index is 2.37. The molecule has 1 heterocycles. The molecular formula is C13H8F6N2O.